The van der Waals surface area contributed by atoms with Crippen LogP contribution < -0.4 is 10.6 Å². The van der Waals surface area contributed by atoms with Gasteiger partial charge in [0.15, 0.2) is 0 Å². The van der Waals surface area contributed by atoms with E-state index in [1.807, 2.05) is 0 Å². The first-order valence-corrected chi connectivity index (χ1v) is 7.35. The molecule has 1 aromatic carbocycles. The second kappa shape index (κ2) is 7.53. The number of rotatable bonds is 6. The van der Waals surface area contributed by atoms with Crippen LogP contribution >= 0.6 is 0 Å². The fraction of sp³-hybridized carbons (Fsp3) is 0.467. The van der Waals surface area contributed by atoms with Crippen LogP contribution in [0.1, 0.15) is 36.0 Å². The molecule has 0 heterocycles. The smallest absolute Gasteiger partial charge is 0.270 e. The highest BCUT2D eigenvalue weighted by molar-refractivity contribution is 5.96. The second-order valence-corrected chi connectivity index (χ2v) is 5.44. The van der Waals surface area contributed by atoms with Crippen LogP contribution in [0, 0.1) is 16.0 Å². The van der Waals surface area contributed by atoms with Gasteiger partial charge in [0.05, 0.1) is 11.5 Å². The number of amides is 2. The number of nitro benzene ring substituents is 1. The zero-order chi connectivity index (χ0) is 15.9. The maximum Gasteiger partial charge on any atom is 0.270 e. The van der Waals surface area contributed by atoms with Gasteiger partial charge in [-0.1, -0.05) is 18.9 Å². The molecule has 1 aliphatic carbocycles. The highest BCUT2D eigenvalue weighted by Crippen LogP contribution is 2.23. The van der Waals surface area contributed by atoms with Gasteiger partial charge in [-0.3, -0.25) is 19.7 Å². The van der Waals surface area contributed by atoms with Crippen molar-refractivity contribution in [2.45, 2.75) is 25.7 Å². The largest absolute Gasteiger partial charge is 0.354 e. The van der Waals surface area contributed by atoms with E-state index < -0.39 is 10.8 Å². The molecule has 1 aliphatic rings. The van der Waals surface area contributed by atoms with Gasteiger partial charge in [0, 0.05) is 24.2 Å². The minimum Gasteiger partial charge on any atom is -0.354 e. The average Bonchev–Trinajstić information content (AvgIpc) is 3.04. The van der Waals surface area contributed by atoms with Gasteiger partial charge in [-0.25, -0.2) is 0 Å². The molecule has 0 bridgehead atoms. The van der Waals surface area contributed by atoms with Crippen molar-refractivity contribution in [2.24, 2.45) is 5.92 Å². The molecule has 2 amide bonds. The summed E-state index contributed by atoms with van der Waals surface area (Å²) in [5.41, 5.74) is 0.0103. The minimum absolute atomic E-state index is 0.131. The summed E-state index contributed by atoms with van der Waals surface area (Å²) >= 11 is 0. The highest BCUT2D eigenvalue weighted by Gasteiger charge is 2.16. The number of benzene rings is 1. The number of hydrogen-bond acceptors (Lipinski definition) is 4. The molecule has 1 aromatic rings. The van der Waals surface area contributed by atoms with Crippen molar-refractivity contribution >= 4 is 17.5 Å². The Kier molecular flexibility index (Phi) is 5.46. The summed E-state index contributed by atoms with van der Waals surface area (Å²) in [5, 5.41) is 15.9. The Morgan fingerprint density at radius 2 is 1.95 bits per heavy atom. The van der Waals surface area contributed by atoms with E-state index in [9.17, 15) is 19.7 Å². The molecule has 0 aliphatic heterocycles. The molecular weight excluding hydrogens is 286 g/mol. The fourth-order valence-electron chi connectivity index (χ4n) is 2.56. The predicted molar refractivity (Wildman–Crippen MR) is 80.4 cm³/mol. The van der Waals surface area contributed by atoms with Gasteiger partial charge in [0.1, 0.15) is 0 Å². The van der Waals surface area contributed by atoms with Gasteiger partial charge in [0.2, 0.25) is 5.91 Å². The Morgan fingerprint density at radius 3 is 2.64 bits per heavy atom. The van der Waals surface area contributed by atoms with E-state index >= 15 is 0 Å². The third-order valence-corrected chi connectivity index (χ3v) is 3.79. The molecule has 7 heteroatoms. The monoisotopic (exact) mass is 305 g/mol. The van der Waals surface area contributed by atoms with Crippen LogP contribution in [0.15, 0.2) is 24.3 Å². The predicted octanol–water partition coefficient (Wildman–Crippen LogP) is 1.63. The summed E-state index contributed by atoms with van der Waals surface area (Å²) in [7, 11) is 0. The third-order valence-electron chi connectivity index (χ3n) is 3.79. The first-order chi connectivity index (χ1) is 10.6. The summed E-state index contributed by atoms with van der Waals surface area (Å²) in [6.45, 7) is 0.514. The standard InChI is InChI=1S/C15H19N3O4/c19-14(16-9-11-4-1-2-5-11)10-17-15(20)12-6-3-7-13(8-12)18(21)22/h3,6-8,11H,1-2,4-5,9-10H2,(H,16,19)(H,17,20). The number of carbonyl (C=O) groups is 2. The normalized spacial score (nSPS) is 14.5. The molecule has 1 fully saturated rings. The van der Waals surface area contributed by atoms with Gasteiger partial charge in [0.25, 0.3) is 11.6 Å². The van der Waals surface area contributed by atoms with Crippen molar-refractivity contribution in [1.29, 1.82) is 0 Å². The van der Waals surface area contributed by atoms with E-state index in [-0.39, 0.29) is 23.7 Å². The molecular formula is C15H19N3O4. The van der Waals surface area contributed by atoms with Gasteiger partial charge >= 0.3 is 0 Å². The zero-order valence-corrected chi connectivity index (χ0v) is 12.2. The van der Waals surface area contributed by atoms with E-state index in [1.165, 1.54) is 37.1 Å². The first-order valence-electron chi connectivity index (χ1n) is 7.35. The molecule has 2 rings (SSSR count). The Hall–Kier alpha value is -2.44. The van der Waals surface area contributed by atoms with Gasteiger partial charge in [-0.05, 0) is 24.8 Å². The number of nitrogens with zero attached hydrogens (tertiary/aromatic N) is 1. The summed E-state index contributed by atoms with van der Waals surface area (Å²) in [5.74, 6) is -0.207. The topological polar surface area (TPSA) is 101 Å². The van der Waals surface area contributed by atoms with Crippen molar-refractivity contribution in [2.75, 3.05) is 13.1 Å². The Bertz CT molecular complexity index is 568. The van der Waals surface area contributed by atoms with E-state index in [0.29, 0.717) is 12.5 Å². The Labute approximate surface area is 128 Å². The molecule has 0 unspecified atom stereocenters. The van der Waals surface area contributed by atoms with Crippen LogP contribution in [0.3, 0.4) is 0 Å². The summed E-state index contributed by atoms with van der Waals surface area (Å²) in [6, 6.07) is 5.41. The number of nitro groups is 1. The average molecular weight is 305 g/mol. The van der Waals surface area contributed by atoms with E-state index in [2.05, 4.69) is 10.6 Å². The number of hydrogen-bond donors (Lipinski definition) is 2. The SMILES string of the molecule is O=C(CNC(=O)c1cccc([N+](=O)[O-])c1)NCC1CCCC1. The maximum absolute atomic E-state index is 11.9. The number of nitrogens with one attached hydrogen (secondary N) is 2. The van der Waals surface area contributed by atoms with E-state index in [0.717, 1.165) is 12.8 Å². The lowest BCUT2D eigenvalue weighted by Crippen LogP contribution is -2.38. The maximum atomic E-state index is 11.9. The van der Waals surface area contributed by atoms with Crippen molar-refractivity contribution in [3.8, 4) is 0 Å². The fourth-order valence-corrected chi connectivity index (χ4v) is 2.56. The summed E-state index contributed by atoms with van der Waals surface area (Å²) < 4.78 is 0. The van der Waals surface area contributed by atoms with Crippen molar-refractivity contribution in [3.05, 3.63) is 39.9 Å². The van der Waals surface area contributed by atoms with Crippen LogP contribution in [0.5, 0.6) is 0 Å². The molecule has 1 saturated carbocycles. The molecule has 7 nitrogen and oxygen atoms in total. The molecule has 22 heavy (non-hydrogen) atoms. The lowest BCUT2D eigenvalue weighted by atomic mass is 10.1. The molecule has 0 saturated heterocycles. The lowest BCUT2D eigenvalue weighted by Gasteiger charge is -2.11. The Balaban J connectivity index is 1.78. The van der Waals surface area contributed by atoms with Crippen LogP contribution in [0.2, 0.25) is 0 Å². The van der Waals surface area contributed by atoms with Crippen molar-refractivity contribution in [1.82, 2.24) is 10.6 Å². The highest BCUT2D eigenvalue weighted by atomic mass is 16.6. The van der Waals surface area contributed by atoms with Crippen LogP contribution in [0.4, 0.5) is 5.69 Å². The number of carbonyl (C=O) groups excluding carboxylic acids is 2. The Morgan fingerprint density at radius 1 is 1.23 bits per heavy atom. The minimum atomic E-state index is -0.564. The lowest BCUT2D eigenvalue weighted by molar-refractivity contribution is -0.384. The van der Waals surface area contributed by atoms with Crippen molar-refractivity contribution in [3.63, 3.8) is 0 Å². The van der Waals surface area contributed by atoms with Crippen LogP contribution in [0.25, 0.3) is 0 Å². The molecule has 0 aromatic heterocycles. The van der Waals surface area contributed by atoms with Gasteiger partial charge < -0.3 is 10.6 Å². The van der Waals surface area contributed by atoms with Gasteiger partial charge in [-0.2, -0.15) is 0 Å². The molecule has 2 N–H and O–H groups in total. The first kappa shape index (κ1) is 15.9. The zero-order valence-electron chi connectivity index (χ0n) is 12.2. The van der Waals surface area contributed by atoms with Gasteiger partial charge in [-0.15, -0.1) is 0 Å². The summed E-state index contributed by atoms with van der Waals surface area (Å²) in [4.78, 5) is 33.6. The molecule has 0 radical (unpaired) electrons. The molecule has 118 valence electrons. The second-order valence-electron chi connectivity index (χ2n) is 5.44. The summed E-state index contributed by atoms with van der Waals surface area (Å²) in [6.07, 6.45) is 4.70. The quantitative estimate of drug-likeness (QED) is 0.616. The van der Waals surface area contributed by atoms with E-state index in [1.54, 1.807) is 0 Å². The van der Waals surface area contributed by atoms with Crippen LogP contribution in [-0.4, -0.2) is 29.8 Å². The number of non-ortho nitro benzene ring substituents is 1. The van der Waals surface area contributed by atoms with Crippen LogP contribution in [-0.2, 0) is 4.79 Å². The third kappa shape index (κ3) is 4.54. The molecule has 0 spiro atoms. The van der Waals surface area contributed by atoms with E-state index in [4.69, 9.17) is 0 Å². The molecule has 0 atom stereocenters. The van der Waals surface area contributed by atoms with Crippen molar-refractivity contribution < 1.29 is 14.5 Å².